The second kappa shape index (κ2) is 10.5. The zero-order valence-corrected chi connectivity index (χ0v) is 35.4. The van der Waals surface area contributed by atoms with E-state index in [1.165, 1.54) is 148 Å². The predicted molar refractivity (Wildman–Crippen MR) is 265 cm³/mol. The van der Waals surface area contributed by atoms with Gasteiger partial charge in [-0.3, -0.25) is 0 Å². The van der Waals surface area contributed by atoms with E-state index in [9.17, 15) is 0 Å². The molecule has 63 heavy (non-hydrogen) atoms. The maximum atomic E-state index is 2.68. The minimum Gasteiger partial charge on any atom is -0.305 e. The summed E-state index contributed by atoms with van der Waals surface area (Å²) in [5, 5.41) is 12.9. The molecule has 0 fully saturated rings. The van der Waals surface area contributed by atoms with Crippen LogP contribution in [0.1, 0.15) is 49.9 Å². The van der Waals surface area contributed by atoms with E-state index in [-0.39, 0.29) is 10.8 Å². The van der Waals surface area contributed by atoms with Crippen LogP contribution >= 0.6 is 0 Å². The predicted octanol–water partition coefficient (Wildman–Crippen LogP) is 15.7. The average Bonchev–Trinajstić information content (AvgIpc) is 3.97. The van der Waals surface area contributed by atoms with E-state index in [0.29, 0.717) is 0 Å². The fraction of sp³-hybridized carbons (Fsp3) is 0.100. The lowest BCUT2D eigenvalue weighted by atomic mass is 9.82. The van der Waals surface area contributed by atoms with Gasteiger partial charge < -0.3 is 13.4 Å². The Morgan fingerprint density at radius 1 is 0.317 bits per heavy atom. The van der Waals surface area contributed by atoms with E-state index in [0.717, 1.165) is 0 Å². The Hall–Kier alpha value is -7.62. The van der Waals surface area contributed by atoms with E-state index < -0.39 is 0 Å². The van der Waals surface area contributed by atoms with Gasteiger partial charge in [0.25, 0.3) is 0 Å². The van der Waals surface area contributed by atoms with Crippen molar-refractivity contribution in [2.45, 2.75) is 38.5 Å². The molecule has 0 saturated heterocycles. The number of nitrogens with zero attached hydrogens (tertiary/aromatic N) is 3. The molecular weight excluding hydrogens is 763 g/mol. The molecule has 0 radical (unpaired) electrons. The van der Waals surface area contributed by atoms with Crippen LogP contribution in [0.2, 0.25) is 0 Å². The van der Waals surface area contributed by atoms with Crippen molar-refractivity contribution >= 4 is 98.0 Å². The molecule has 16 rings (SSSR count). The number of benzene rings is 10. The third-order valence-corrected chi connectivity index (χ3v) is 16.0. The number of hydrogen-bond donors (Lipinski definition) is 0. The first kappa shape index (κ1) is 33.1. The molecule has 2 aromatic heterocycles. The van der Waals surface area contributed by atoms with Crippen molar-refractivity contribution in [1.82, 2.24) is 13.4 Å². The van der Waals surface area contributed by atoms with Crippen LogP contribution in [0.3, 0.4) is 0 Å². The molecule has 4 heterocycles. The van der Waals surface area contributed by atoms with Crippen molar-refractivity contribution in [2.75, 3.05) is 0 Å². The zero-order chi connectivity index (χ0) is 41.4. The molecule has 4 aliphatic rings. The zero-order valence-electron chi connectivity index (χ0n) is 35.4. The smallest absolute Gasteiger partial charge is 0.0954 e. The van der Waals surface area contributed by atoms with E-state index in [1.54, 1.807) is 0 Å². The van der Waals surface area contributed by atoms with E-state index in [1.807, 2.05) is 0 Å². The highest BCUT2D eigenvalue weighted by molar-refractivity contribution is 6.32. The van der Waals surface area contributed by atoms with Crippen molar-refractivity contribution in [3.63, 3.8) is 0 Å². The molecule has 12 aromatic rings. The highest BCUT2D eigenvalue weighted by Crippen LogP contribution is 2.55. The van der Waals surface area contributed by atoms with Crippen molar-refractivity contribution in [3.05, 3.63) is 186 Å². The third kappa shape index (κ3) is 3.61. The number of hydrogen-bond acceptors (Lipinski definition) is 0. The molecule has 0 spiro atoms. The van der Waals surface area contributed by atoms with Gasteiger partial charge in [0.15, 0.2) is 0 Å². The van der Waals surface area contributed by atoms with Gasteiger partial charge in [-0.25, -0.2) is 0 Å². The first-order valence-electron chi connectivity index (χ1n) is 22.4. The van der Waals surface area contributed by atoms with Crippen LogP contribution in [0, 0.1) is 0 Å². The summed E-state index contributed by atoms with van der Waals surface area (Å²) in [6.07, 6.45) is 0. The molecule has 0 N–H and O–H groups in total. The first-order chi connectivity index (χ1) is 30.8. The van der Waals surface area contributed by atoms with Gasteiger partial charge in [-0.15, -0.1) is 0 Å². The molecule has 2 aliphatic heterocycles. The minimum absolute atomic E-state index is 0.130. The van der Waals surface area contributed by atoms with Crippen molar-refractivity contribution < 1.29 is 0 Å². The fourth-order valence-corrected chi connectivity index (χ4v) is 13.2. The van der Waals surface area contributed by atoms with Gasteiger partial charge in [-0.1, -0.05) is 149 Å². The molecule has 0 amide bonds. The van der Waals surface area contributed by atoms with E-state index >= 15 is 0 Å². The standard InChI is InChI=1S/C60H39N3/c1-59(2)44-23-13-11-21-38(44)40-28-42-48(30-46(40)59)61-52-27-34-17-7-10-20-37(34)55-58(52)62(50-25-32-15-5-8-18-35(32)53(42)56(50)61)51-26-33-16-6-9-19-36(33)54-43-29-41-39-22-12-14-24-45(39)60(3,4)47(41)31-49(43)63(55)57(51)54/h5-31H,1-4H3. The Morgan fingerprint density at radius 2 is 0.746 bits per heavy atom. The summed E-state index contributed by atoms with van der Waals surface area (Å²) in [5.74, 6) is 0. The molecule has 294 valence electrons. The Morgan fingerprint density at radius 3 is 1.30 bits per heavy atom. The summed E-state index contributed by atoms with van der Waals surface area (Å²) in [7, 11) is 0. The number of fused-ring (bicyclic) bond motifs is 22. The van der Waals surface area contributed by atoms with Gasteiger partial charge in [0.2, 0.25) is 0 Å². The van der Waals surface area contributed by atoms with Crippen LogP contribution in [0.4, 0.5) is 0 Å². The summed E-state index contributed by atoms with van der Waals surface area (Å²) in [6, 6.07) is 63.0. The summed E-state index contributed by atoms with van der Waals surface area (Å²) >= 11 is 0. The Bertz CT molecular complexity index is 4430. The minimum atomic E-state index is -0.135. The summed E-state index contributed by atoms with van der Waals surface area (Å²) in [5.41, 5.74) is 22.0. The van der Waals surface area contributed by atoms with Gasteiger partial charge >= 0.3 is 0 Å². The quantitative estimate of drug-likeness (QED) is 0.107. The Kier molecular flexibility index (Phi) is 5.52. The Balaban J connectivity index is 1.23. The molecule has 0 bridgehead atoms. The monoisotopic (exact) mass is 801 g/mol. The largest absolute Gasteiger partial charge is 0.305 e. The van der Waals surface area contributed by atoms with Gasteiger partial charge in [0, 0.05) is 37.8 Å². The highest BCUT2D eigenvalue weighted by atomic mass is 15.1. The molecule has 3 heteroatoms. The molecule has 0 unspecified atom stereocenters. The summed E-state index contributed by atoms with van der Waals surface area (Å²) in [4.78, 5) is 0. The van der Waals surface area contributed by atoms with Crippen molar-refractivity contribution in [1.29, 1.82) is 0 Å². The Labute approximate surface area is 362 Å². The van der Waals surface area contributed by atoms with Crippen molar-refractivity contribution in [3.8, 4) is 27.9 Å². The topological polar surface area (TPSA) is 13.8 Å². The number of rotatable bonds is 0. The van der Waals surface area contributed by atoms with Crippen LogP contribution in [-0.4, -0.2) is 13.4 Å². The van der Waals surface area contributed by atoms with Gasteiger partial charge in [0.1, 0.15) is 0 Å². The number of aromatic nitrogens is 3. The van der Waals surface area contributed by atoms with Crippen molar-refractivity contribution in [2.24, 2.45) is 0 Å². The van der Waals surface area contributed by atoms with Crippen LogP contribution in [-0.2, 0) is 10.8 Å². The maximum Gasteiger partial charge on any atom is 0.0954 e. The van der Waals surface area contributed by atoms with Gasteiger partial charge in [-0.05, 0) is 114 Å². The molecule has 0 saturated carbocycles. The average molecular weight is 802 g/mol. The SMILES string of the molecule is CC1(C)c2ccccc2-c2cc3c4c5ccccc5cc5c4n(c4cc6ccccc6c6c4-n5c4cc5ccccc5c5c7cc8c(cc7n6c54)C(C)(C)c4ccccc4-8)c3cc21. The highest BCUT2D eigenvalue weighted by Gasteiger charge is 2.39. The molecular formula is C60H39N3. The van der Waals surface area contributed by atoms with Crippen LogP contribution in [0.25, 0.3) is 126 Å². The lowest BCUT2D eigenvalue weighted by molar-refractivity contribution is 0.661. The van der Waals surface area contributed by atoms with Gasteiger partial charge in [0.05, 0.1) is 49.8 Å². The summed E-state index contributed by atoms with van der Waals surface area (Å²) < 4.78 is 7.99. The van der Waals surface area contributed by atoms with Crippen LogP contribution in [0.15, 0.2) is 164 Å². The second-order valence-electron chi connectivity index (χ2n) is 19.7. The molecule has 10 aromatic carbocycles. The molecule has 2 aliphatic carbocycles. The normalized spacial score (nSPS) is 15.2. The molecule has 0 atom stereocenters. The first-order valence-corrected chi connectivity index (χ1v) is 22.4. The van der Waals surface area contributed by atoms with Crippen LogP contribution in [0.5, 0.6) is 0 Å². The molecule has 3 nitrogen and oxygen atoms in total. The summed E-state index contributed by atoms with van der Waals surface area (Å²) in [6.45, 7) is 9.63. The fourth-order valence-electron chi connectivity index (χ4n) is 13.2. The third-order valence-electron chi connectivity index (χ3n) is 16.0. The lowest BCUT2D eigenvalue weighted by Crippen LogP contribution is -2.15. The van der Waals surface area contributed by atoms with Crippen LogP contribution < -0.4 is 0 Å². The van der Waals surface area contributed by atoms with E-state index in [4.69, 9.17) is 0 Å². The van der Waals surface area contributed by atoms with Gasteiger partial charge in [-0.2, -0.15) is 0 Å². The second-order valence-corrected chi connectivity index (χ2v) is 19.7. The van der Waals surface area contributed by atoms with E-state index in [2.05, 4.69) is 205 Å². The lowest BCUT2D eigenvalue weighted by Gasteiger charge is -2.26. The maximum absolute atomic E-state index is 2.68.